The Morgan fingerprint density at radius 1 is 1.10 bits per heavy atom. The molecule has 0 atom stereocenters. The number of halogens is 4. The van der Waals surface area contributed by atoms with Gasteiger partial charge in [-0.15, -0.1) is 0 Å². The van der Waals surface area contributed by atoms with Crippen LogP contribution in [-0.2, 0) is 6.18 Å². The molecule has 0 unspecified atom stereocenters. The van der Waals surface area contributed by atoms with Crippen LogP contribution in [0.3, 0.4) is 0 Å². The molecule has 21 heavy (non-hydrogen) atoms. The van der Waals surface area contributed by atoms with Crippen LogP contribution in [0.15, 0.2) is 55.1 Å². The zero-order valence-electron chi connectivity index (χ0n) is 11.0. The molecule has 2 aromatic rings. The summed E-state index contributed by atoms with van der Waals surface area (Å²) >= 11 is 5.73. The third kappa shape index (κ3) is 4.26. The third-order valence-corrected chi connectivity index (χ3v) is 3.13. The maximum atomic E-state index is 12.7. The van der Waals surface area contributed by atoms with Crippen molar-refractivity contribution in [3.8, 4) is 0 Å². The van der Waals surface area contributed by atoms with Crippen molar-refractivity contribution in [1.82, 2.24) is 0 Å². The van der Waals surface area contributed by atoms with Gasteiger partial charge in [0.2, 0.25) is 0 Å². The topological polar surface area (TPSA) is 12.0 Å². The van der Waals surface area contributed by atoms with E-state index in [1.54, 1.807) is 0 Å². The van der Waals surface area contributed by atoms with E-state index in [1.807, 2.05) is 30.3 Å². The van der Waals surface area contributed by atoms with E-state index in [-0.39, 0.29) is 5.02 Å². The fourth-order valence-electron chi connectivity index (χ4n) is 1.84. The van der Waals surface area contributed by atoms with E-state index in [4.69, 9.17) is 11.6 Å². The third-order valence-electron chi connectivity index (χ3n) is 2.91. The molecular weight excluding hydrogens is 299 g/mol. The molecule has 0 aromatic heterocycles. The molecule has 2 rings (SSSR count). The van der Waals surface area contributed by atoms with Crippen LogP contribution in [0.25, 0.3) is 5.57 Å². The number of alkyl halides is 3. The highest BCUT2D eigenvalue weighted by molar-refractivity contribution is 6.30. The molecule has 0 saturated carbocycles. The van der Waals surface area contributed by atoms with Crippen LogP contribution >= 0.6 is 11.6 Å². The molecule has 0 aliphatic heterocycles. The molecule has 0 aliphatic rings. The molecule has 110 valence electrons. The molecule has 0 heterocycles. The predicted octanol–water partition coefficient (Wildman–Crippen LogP) is 5.48. The normalized spacial score (nSPS) is 11.2. The van der Waals surface area contributed by atoms with Gasteiger partial charge in [0.15, 0.2) is 0 Å². The molecule has 0 amide bonds. The van der Waals surface area contributed by atoms with Gasteiger partial charge in [-0.3, -0.25) is 0 Å². The molecule has 0 spiro atoms. The standard InChI is InChI=1S/C16H13ClF3N/c1-11(12-5-3-2-4-6-12)10-21-15-8-13(16(18,19)20)7-14(17)9-15/h2-9,21H,1,10H2. The zero-order chi connectivity index (χ0) is 15.5. The minimum atomic E-state index is -4.42. The van der Waals surface area contributed by atoms with Crippen LogP contribution in [0.1, 0.15) is 11.1 Å². The highest BCUT2D eigenvalue weighted by Gasteiger charge is 2.31. The average Bonchev–Trinajstić information content (AvgIpc) is 2.44. The Morgan fingerprint density at radius 2 is 1.76 bits per heavy atom. The van der Waals surface area contributed by atoms with E-state index in [0.29, 0.717) is 12.2 Å². The Balaban J connectivity index is 2.10. The second kappa shape index (κ2) is 6.22. The Kier molecular flexibility index (Phi) is 4.58. The lowest BCUT2D eigenvalue weighted by atomic mass is 10.1. The summed E-state index contributed by atoms with van der Waals surface area (Å²) in [6.07, 6.45) is -4.42. The van der Waals surface area contributed by atoms with Gasteiger partial charge in [0, 0.05) is 17.3 Å². The second-order valence-electron chi connectivity index (χ2n) is 4.55. The maximum absolute atomic E-state index is 12.7. The van der Waals surface area contributed by atoms with Gasteiger partial charge in [0.1, 0.15) is 0 Å². The molecule has 0 saturated heterocycles. The Morgan fingerprint density at radius 3 is 2.38 bits per heavy atom. The molecule has 5 heteroatoms. The Hall–Kier alpha value is -1.94. The van der Waals surface area contributed by atoms with Gasteiger partial charge in [-0.25, -0.2) is 0 Å². The number of hydrogen-bond acceptors (Lipinski definition) is 1. The van der Waals surface area contributed by atoms with E-state index in [1.165, 1.54) is 6.07 Å². The zero-order valence-corrected chi connectivity index (χ0v) is 11.8. The van der Waals surface area contributed by atoms with Crippen molar-refractivity contribution in [1.29, 1.82) is 0 Å². The molecule has 0 radical (unpaired) electrons. The van der Waals surface area contributed by atoms with Gasteiger partial charge in [-0.1, -0.05) is 48.5 Å². The summed E-state index contributed by atoms with van der Waals surface area (Å²) in [6, 6.07) is 12.8. The molecule has 0 fully saturated rings. The molecule has 1 nitrogen and oxygen atoms in total. The van der Waals surface area contributed by atoms with Crippen LogP contribution in [0, 0.1) is 0 Å². The van der Waals surface area contributed by atoms with E-state index in [2.05, 4.69) is 11.9 Å². The maximum Gasteiger partial charge on any atom is 0.416 e. The predicted molar refractivity (Wildman–Crippen MR) is 80.4 cm³/mol. The number of rotatable bonds is 4. The Bertz CT molecular complexity index is 636. The van der Waals surface area contributed by atoms with Crippen molar-refractivity contribution in [2.45, 2.75) is 6.18 Å². The van der Waals surface area contributed by atoms with Crippen LogP contribution in [0.2, 0.25) is 5.02 Å². The number of anilines is 1. The quantitative estimate of drug-likeness (QED) is 0.788. The van der Waals surface area contributed by atoms with Gasteiger partial charge < -0.3 is 5.32 Å². The lowest BCUT2D eigenvalue weighted by Gasteiger charge is -2.13. The van der Waals surface area contributed by atoms with E-state index < -0.39 is 11.7 Å². The van der Waals surface area contributed by atoms with Crippen LogP contribution < -0.4 is 5.32 Å². The van der Waals surface area contributed by atoms with E-state index >= 15 is 0 Å². The van der Waals surface area contributed by atoms with E-state index in [9.17, 15) is 13.2 Å². The lowest BCUT2D eigenvalue weighted by Crippen LogP contribution is -2.08. The first kappa shape index (κ1) is 15.4. The summed E-state index contributed by atoms with van der Waals surface area (Å²) in [7, 11) is 0. The summed E-state index contributed by atoms with van der Waals surface area (Å²) < 4.78 is 38.1. The van der Waals surface area contributed by atoms with Crippen molar-refractivity contribution in [3.05, 3.63) is 71.3 Å². The minimum Gasteiger partial charge on any atom is -0.381 e. The van der Waals surface area contributed by atoms with Crippen molar-refractivity contribution >= 4 is 22.9 Å². The van der Waals surface area contributed by atoms with Gasteiger partial charge in [0.25, 0.3) is 0 Å². The number of benzene rings is 2. The largest absolute Gasteiger partial charge is 0.416 e. The van der Waals surface area contributed by atoms with Crippen molar-refractivity contribution in [2.24, 2.45) is 0 Å². The summed E-state index contributed by atoms with van der Waals surface area (Å²) in [6.45, 7) is 4.25. The monoisotopic (exact) mass is 311 g/mol. The highest BCUT2D eigenvalue weighted by atomic mass is 35.5. The first-order valence-electron chi connectivity index (χ1n) is 6.21. The van der Waals surface area contributed by atoms with Crippen molar-refractivity contribution in [3.63, 3.8) is 0 Å². The van der Waals surface area contributed by atoms with Crippen molar-refractivity contribution < 1.29 is 13.2 Å². The van der Waals surface area contributed by atoms with Crippen molar-refractivity contribution in [2.75, 3.05) is 11.9 Å². The summed E-state index contributed by atoms with van der Waals surface area (Å²) in [5, 5.41) is 2.95. The van der Waals surface area contributed by atoms with Crippen LogP contribution in [0.4, 0.5) is 18.9 Å². The van der Waals surface area contributed by atoms with Crippen LogP contribution in [-0.4, -0.2) is 6.54 Å². The molecule has 0 bridgehead atoms. The van der Waals surface area contributed by atoms with Gasteiger partial charge >= 0.3 is 6.18 Å². The fourth-order valence-corrected chi connectivity index (χ4v) is 2.08. The van der Waals surface area contributed by atoms with Crippen LogP contribution in [0.5, 0.6) is 0 Å². The van der Waals surface area contributed by atoms with Gasteiger partial charge in [-0.2, -0.15) is 13.2 Å². The smallest absolute Gasteiger partial charge is 0.381 e. The van der Waals surface area contributed by atoms with Gasteiger partial charge in [-0.05, 0) is 29.3 Å². The highest BCUT2D eigenvalue weighted by Crippen LogP contribution is 2.33. The average molecular weight is 312 g/mol. The molecular formula is C16H13ClF3N. The lowest BCUT2D eigenvalue weighted by molar-refractivity contribution is -0.137. The minimum absolute atomic E-state index is 0.0395. The summed E-state index contributed by atoms with van der Waals surface area (Å²) in [5.41, 5.74) is 1.25. The summed E-state index contributed by atoms with van der Waals surface area (Å²) in [4.78, 5) is 0. The second-order valence-corrected chi connectivity index (χ2v) is 4.99. The fraction of sp³-hybridized carbons (Fsp3) is 0.125. The Labute approximate surface area is 126 Å². The van der Waals surface area contributed by atoms with Gasteiger partial charge in [0.05, 0.1) is 5.56 Å². The first-order valence-corrected chi connectivity index (χ1v) is 6.59. The molecule has 2 aromatic carbocycles. The molecule has 1 N–H and O–H groups in total. The molecule has 0 aliphatic carbocycles. The SMILES string of the molecule is C=C(CNc1cc(Cl)cc(C(F)(F)F)c1)c1ccccc1. The summed E-state index contributed by atoms with van der Waals surface area (Å²) in [5.74, 6) is 0. The van der Waals surface area contributed by atoms with E-state index in [0.717, 1.165) is 23.3 Å². The number of hydrogen-bond donors (Lipinski definition) is 1. The first-order chi connectivity index (χ1) is 9.86. The number of nitrogens with one attached hydrogen (secondary N) is 1.